The molecule has 1 aromatic carbocycles. The predicted octanol–water partition coefficient (Wildman–Crippen LogP) is 2.92. The van der Waals surface area contributed by atoms with Gasteiger partial charge in [0.2, 0.25) is 0 Å². The van der Waals surface area contributed by atoms with Crippen LogP contribution in [-0.2, 0) is 13.2 Å². The number of fused-ring (bicyclic) bond motifs is 1. The zero-order valence-electron chi connectivity index (χ0n) is 11.3. The maximum atomic E-state index is 9.18. The number of hydrogen-bond acceptors (Lipinski definition) is 5. The van der Waals surface area contributed by atoms with E-state index in [0.717, 1.165) is 0 Å². The van der Waals surface area contributed by atoms with Crippen molar-refractivity contribution in [3.63, 3.8) is 0 Å². The number of aliphatic hydroxyl groups is 1. The molecule has 6 nitrogen and oxygen atoms in total. The van der Waals surface area contributed by atoms with Crippen LogP contribution in [0.25, 0.3) is 11.0 Å². The topological polar surface area (TPSA) is 97.0 Å². The number of pyridine rings is 1. The Hall–Kier alpha value is -2.02. The minimum atomic E-state index is -0.222. The molecular formula is C14H12Cl2N4O2. The number of aromatic nitrogens is 3. The summed E-state index contributed by atoms with van der Waals surface area (Å²) in [6.45, 7) is -0.0478. The molecule has 0 spiro atoms. The molecule has 2 heterocycles. The summed E-state index contributed by atoms with van der Waals surface area (Å²) in [4.78, 5) is 11.3. The number of hydrogen-bond donors (Lipinski definition) is 3. The lowest BCUT2D eigenvalue weighted by molar-refractivity contribution is 0.272. The fourth-order valence-electron chi connectivity index (χ4n) is 2.05. The van der Waals surface area contributed by atoms with Gasteiger partial charge in [-0.1, -0.05) is 29.3 Å². The Morgan fingerprint density at radius 3 is 2.82 bits per heavy atom. The van der Waals surface area contributed by atoms with Crippen molar-refractivity contribution in [1.82, 2.24) is 15.0 Å². The number of benzene rings is 1. The second-order valence-electron chi connectivity index (χ2n) is 4.58. The van der Waals surface area contributed by atoms with E-state index in [4.69, 9.17) is 33.7 Å². The number of ether oxygens (including phenoxy) is 1. The van der Waals surface area contributed by atoms with Gasteiger partial charge in [0.25, 0.3) is 0 Å². The van der Waals surface area contributed by atoms with Crippen molar-refractivity contribution in [3.8, 4) is 5.75 Å². The number of nitrogen functional groups attached to an aromatic ring is 1. The summed E-state index contributed by atoms with van der Waals surface area (Å²) >= 11 is 12.3. The van der Waals surface area contributed by atoms with Gasteiger partial charge in [0.1, 0.15) is 35.4 Å². The maximum Gasteiger partial charge on any atom is 0.165 e. The highest BCUT2D eigenvalue weighted by molar-refractivity contribution is 6.44. The minimum Gasteiger partial charge on any atom is -0.483 e. The van der Waals surface area contributed by atoms with Crippen LogP contribution in [0.5, 0.6) is 5.75 Å². The zero-order valence-corrected chi connectivity index (χ0v) is 12.8. The van der Waals surface area contributed by atoms with E-state index in [1.807, 2.05) is 0 Å². The van der Waals surface area contributed by atoms with Crippen LogP contribution in [0.4, 0.5) is 5.82 Å². The number of rotatable bonds is 4. The van der Waals surface area contributed by atoms with Gasteiger partial charge in [0, 0.05) is 0 Å². The summed E-state index contributed by atoms with van der Waals surface area (Å²) in [6.07, 6.45) is 0. The summed E-state index contributed by atoms with van der Waals surface area (Å²) in [7, 11) is 0. The lowest BCUT2D eigenvalue weighted by Gasteiger charge is -2.10. The number of aromatic amines is 1. The molecule has 0 aliphatic heterocycles. The molecule has 0 amide bonds. The molecule has 0 saturated heterocycles. The second kappa shape index (κ2) is 6.00. The highest BCUT2D eigenvalue weighted by Gasteiger charge is 2.16. The smallest absolute Gasteiger partial charge is 0.165 e. The number of H-pyrrole nitrogens is 1. The highest BCUT2D eigenvalue weighted by Crippen LogP contribution is 2.38. The van der Waals surface area contributed by atoms with E-state index in [1.165, 1.54) is 0 Å². The number of nitrogens with two attached hydrogens (primary N) is 1. The molecule has 0 aliphatic rings. The largest absolute Gasteiger partial charge is 0.483 e. The Labute approximate surface area is 135 Å². The second-order valence-corrected chi connectivity index (χ2v) is 5.36. The van der Waals surface area contributed by atoms with Crippen molar-refractivity contribution in [2.45, 2.75) is 13.2 Å². The number of imidazole rings is 1. The van der Waals surface area contributed by atoms with E-state index in [9.17, 15) is 5.11 Å². The normalized spacial score (nSPS) is 11.0. The highest BCUT2D eigenvalue weighted by atomic mass is 35.5. The van der Waals surface area contributed by atoms with Crippen LogP contribution in [-0.4, -0.2) is 20.1 Å². The minimum absolute atomic E-state index is 0.174. The van der Waals surface area contributed by atoms with Crippen LogP contribution in [0.15, 0.2) is 24.3 Å². The van der Waals surface area contributed by atoms with Gasteiger partial charge >= 0.3 is 0 Å². The number of halogens is 2. The van der Waals surface area contributed by atoms with Gasteiger partial charge in [-0.3, -0.25) is 0 Å². The Bertz CT molecular complexity index is 835. The van der Waals surface area contributed by atoms with Crippen molar-refractivity contribution >= 4 is 40.1 Å². The van der Waals surface area contributed by atoms with Gasteiger partial charge in [-0.2, -0.15) is 0 Å². The van der Waals surface area contributed by atoms with E-state index in [0.29, 0.717) is 39.1 Å². The predicted molar refractivity (Wildman–Crippen MR) is 85.0 cm³/mol. The lowest BCUT2D eigenvalue weighted by atomic mass is 10.3. The Morgan fingerprint density at radius 2 is 2.09 bits per heavy atom. The molecule has 8 heteroatoms. The van der Waals surface area contributed by atoms with E-state index < -0.39 is 0 Å². The number of nitrogens with one attached hydrogen (secondary N) is 1. The average molecular weight is 339 g/mol. The summed E-state index contributed by atoms with van der Waals surface area (Å²) in [5, 5.41) is 9.77. The lowest BCUT2D eigenvalue weighted by Crippen LogP contribution is -2.01. The Balaban J connectivity index is 1.98. The standard InChI is InChI=1S/C14H12Cl2N4O2/c15-8-4-9-13(20-11(5-21)19-9)14(12(8)16)22-6-7-2-1-3-10(17)18-7/h1-4,21H,5-6H2,(H2,17,18)(H,19,20). The molecule has 0 unspecified atom stereocenters. The number of anilines is 1. The van der Waals surface area contributed by atoms with Gasteiger partial charge < -0.3 is 20.6 Å². The average Bonchev–Trinajstić information content (AvgIpc) is 2.90. The van der Waals surface area contributed by atoms with Crippen LogP contribution in [0.1, 0.15) is 11.5 Å². The van der Waals surface area contributed by atoms with E-state index >= 15 is 0 Å². The molecule has 2 aromatic heterocycles. The van der Waals surface area contributed by atoms with Crippen LogP contribution in [0, 0.1) is 0 Å². The molecule has 0 atom stereocenters. The third-order valence-electron chi connectivity index (χ3n) is 3.02. The summed E-state index contributed by atoms with van der Waals surface area (Å²) in [5.41, 5.74) is 7.43. The monoisotopic (exact) mass is 338 g/mol. The molecule has 4 N–H and O–H groups in total. The summed E-state index contributed by atoms with van der Waals surface area (Å²) < 4.78 is 5.74. The molecule has 3 rings (SSSR count). The van der Waals surface area contributed by atoms with Crippen molar-refractivity contribution in [2.24, 2.45) is 0 Å². The van der Waals surface area contributed by atoms with Gasteiger partial charge in [0.05, 0.1) is 16.2 Å². The quantitative estimate of drug-likeness (QED) is 0.679. The molecule has 22 heavy (non-hydrogen) atoms. The third-order valence-corrected chi connectivity index (χ3v) is 3.79. The molecule has 3 aromatic rings. The van der Waals surface area contributed by atoms with Crippen molar-refractivity contribution in [1.29, 1.82) is 0 Å². The van der Waals surface area contributed by atoms with Crippen LogP contribution < -0.4 is 10.5 Å². The molecule has 0 radical (unpaired) electrons. The van der Waals surface area contributed by atoms with Crippen LogP contribution in [0.3, 0.4) is 0 Å². The molecule has 0 fully saturated rings. The van der Waals surface area contributed by atoms with E-state index in [-0.39, 0.29) is 18.2 Å². The number of aliphatic hydroxyl groups excluding tert-OH is 1. The molecule has 0 saturated carbocycles. The first-order chi connectivity index (χ1) is 10.6. The van der Waals surface area contributed by atoms with Gasteiger partial charge in [-0.05, 0) is 18.2 Å². The number of nitrogens with zero attached hydrogens (tertiary/aromatic N) is 2. The van der Waals surface area contributed by atoms with Gasteiger partial charge in [-0.25, -0.2) is 9.97 Å². The summed E-state index contributed by atoms with van der Waals surface area (Å²) in [6, 6.07) is 6.88. The first kappa shape index (κ1) is 14.9. The first-order valence-electron chi connectivity index (χ1n) is 6.40. The van der Waals surface area contributed by atoms with Crippen molar-refractivity contribution < 1.29 is 9.84 Å². The summed E-state index contributed by atoms with van der Waals surface area (Å²) in [5.74, 6) is 1.17. The van der Waals surface area contributed by atoms with Crippen LogP contribution >= 0.6 is 23.2 Å². The Morgan fingerprint density at radius 1 is 1.27 bits per heavy atom. The third kappa shape index (κ3) is 2.81. The molecular weight excluding hydrogens is 327 g/mol. The Kier molecular flexibility index (Phi) is 4.06. The SMILES string of the molecule is Nc1cccc(COc2c(Cl)c(Cl)cc3nc(CO)[nH]c23)n1. The fraction of sp³-hybridized carbons (Fsp3) is 0.143. The van der Waals surface area contributed by atoms with Crippen molar-refractivity contribution in [2.75, 3.05) is 5.73 Å². The zero-order chi connectivity index (χ0) is 15.7. The van der Waals surface area contributed by atoms with E-state index in [2.05, 4.69) is 15.0 Å². The molecule has 0 bridgehead atoms. The fourth-order valence-corrected chi connectivity index (χ4v) is 2.44. The van der Waals surface area contributed by atoms with Crippen molar-refractivity contribution in [3.05, 3.63) is 45.8 Å². The first-order valence-corrected chi connectivity index (χ1v) is 7.15. The molecule has 0 aliphatic carbocycles. The van der Waals surface area contributed by atoms with Gasteiger partial charge in [0.15, 0.2) is 5.75 Å². The van der Waals surface area contributed by atoms with E-state index in [1.54, 1.807) is 24.3 Å². The van der Waals surface area contributed by atoms with Gasteiger partial charge in [-0.15, -0.1) is 0 Å². The maximum absolute atomic E-state index is 9.18. The molecule has 114 valence electrons. The van der Waals surface area contributed by atoms with Crippen LogP contribution in [0.2, 0.25) is 10.0 Å².